The molecule has 0 radical (unpaired) electrons. The van der Waals surface area contributed by atoms with E-state index in [9.17, 15) is 45.2 Å². The highest BCUT2D eigenvalue weighted by molar-refractivity contribution is 7.90. The summed E-state index contributed by atoms with van der Waals surface area (Å²) in [6.45, 7) is 1.20. The number of amides is 2. The Kier molecular flexibility index (Phi) is 10.3. The first kappa shape index (κ1) is 38.5. The van der Waals surface area contributed by atoms with Crippen molar-refractivity contribution in [3.63, 3.8) is 0 Å². The number of aromatic nitrogens is 3. The summed E-state index contributed by atoms with van der Waals surface area (Å²) in [5.41, 5.74) is -3.79. The first-order valence-corrected chi connectivity index (χ1v) is 19.8. The first-order chi connectivity index (χ1) is 26.1. The van der Waals surface area contributed by atoms with Gasteiger partial charge in [0.1, 0.15) is 23.1 Å². The van der Waals surface area contributed by atoms with Gasteiger partial charge in [0.15, 0.2) is 17.4 Å². The van der Waals surface area contributed by atoms with Gasteiger partial charge in [-0.3, -0.25) is 23.9 Å². The van der Waals surface area contributed by atoms with Crippen LogP contribution in [0.2, 0.25) is 0 Å². The van der Waals surface area contributed by atoms with Crippen LogP contribution >= 0.6 is 0 Å². The summed E-state index contributed by atoms with van der Waals surface area (Å²) in [6, 6.07) is 3.46. The van der Waals surface area contributed by atoms with Crippen molar-refractivity contribution in [2.75, 3.05) is 6.54 Å². The van der Waals surface area contributed by atoms with Crippen LogP contribution in [0.5, 0.6) is 5.88 Å². The number of hydrogen-bond donors (Lipinski definition) is 1. The Labute approximate surface area is 313 Å². The van der Waals surface area contributed by atoms with Crippen LogP contribution in [-0.4, -0.2) is 75.8 Å². The second-order valence-electron chi connectivity index (χ2n) is 15.0. The van der Waals surface area contributed by atoms with E-state index in [0.717, 1.165) is 12.1 Å². The van der Waals surface area contributed by atoms with Gasteiger partial charge in [-0.1, -0.05) is 36.2 Å². The van der Waals surface area contributed by atoms with Crippen molar-refractivity contribution in [2.45, 2.75) is 101 Å². The van der Waals surface area contributed by atoms with E-state index < -0.39 is 110 Å². The third-order valence-electron chi connectivity index (χ3n) is 10.8. The van der Waals surface area contributed by atoms with Crippen LogP contribution in [0.25, 0.3) is 11.0 Å². The molecule has 5 atom stereocenters. The molecule has 4 heterocycles. The number of nitrogens with zero attached hydrogens (tertiary/aromatic N) is 4. The lowest BCUT2D eigenvalue weighted by molar-refractivity contribution is -0.143. The van der Waals surface area contributed by atoms with Crippen molar-refractivity contribution >= 4 is 44.4 Å². The molecule has 55 heavy (non-hydrogen) atoms. The molecular formula is C37H39F4N5O8S. The predicted molar refractivity (Wildman–Crippen MR) is 185 cm³/mol. The Morgan fingerprint density at radius 2 is 1.89 bits per heavy atom. The standard InChI is InChI=1S/C37H39F4N5O8S/c1-20-14-27(44-54-20)29(47)15-21-8-5-3-2-4-6-9-22-17-36(22,35(50)45-55(51,52)24-12-13-24)18-30(48)28-16-23(19-46(28)34(21)49)53-33-32(37(39,40)41)42-26-11-7-10-25(38)31(26)43-33/h6-7,9-11,14,21-24,28H,2-5,8,12-13,15-19H2,1H3,(H,45,50)/b9-6-/t21-,22-,23-,28+,36-/m1/s1. The maximum atomic E-state index is 14.7. The van der Waals surface area contributed by atoms with E-state index in [1.54, 1.807) is 13.0 Å². The summed E-state index contributed by atoms with van der Waals surface area (Å²) in [4.78, 5) is 64.5. The molecule has 7 rings (SSSR count). The normalized spacial score (nSPS) is 27.1. The van der Waals surface area contributed by atoms with E-state index in [-0.39, 0.29) is 36.9 Å². The number of Topliss-reactive ketones (excluding diaryl/α,β-unsaturated/α-hetero) is 2. The number of hydrogen-bond acceptors (Lipinski definition) is 11. The van der Waals surface area contributed by atoms with Gasteiger partial charge in [0.2, 0.25) is 33.4 Å². The molecule has 4 aliphatic rings. The lowest BCUT2D eigenvalue weighted by Crippen LogP contribution is -2.46. The van der Waals surface area contributed by atoms with Crippen LogP contribution in [0.4, 0.5) is 17.6 Å². The number of ketones is 2. The van der Waals surface area contributed by atoms with Crippen molar-refractivity contribution in [3.8, 4) is 5.88 Å². The number of carbonyl (C=O) groups is 4. The van der Waals surface area contributed by atoms with E-state index in [1.165, 1.54) is 17.0 Å². The average Bonchev–Trinajstić information content (AvgIpc) is 4.01. The number of halogens is 4. The zero-order valence-corrected chi connectivity index (χ0v) is 30.6. The number of fused-ring (bicyclic) bond motifs is 3. The van der Waals surface area contributed by atoms with E-state index in [2.05, 4.69) is 19.8 Å². The third-order valence-corrected chi connectivity index (χ3v) is 12.7. The van der Waals surface area contributed by atoms with E-state index in [0.29, 0.717) is 44.3 Å². The van der Waals surface area contributed by atoms with Crippen LogP contribution in [0.3, 0.4) is 0 Å². The van der Waals surface area contributed by atoms with Crippen molar-refractivity contribution in [2.24, 2.45) is 17.3 Å². The van der Waals surface area contributed by atoms with Gasteiger partial charge in [-0.15, -0.1) is 0 Å². The van der Waals surface area contributed by atoms with Gasteiger partial charge in [0, 0.05) is 31.2 Å². The summed E-state index contributed by atoms with van der Waals surface area (Å²) in [5, 5.41) is 3.07. The Bertz CT molecular complexity index is 2170. The first-order valence-electron chi connectivity index (χ1n) is 18.3. The largest absolute Gasteiger partial charge is 0.471 e. The Balaban J connectivity index is 1.23. The molecule has 1 saturated heterocycles. The Morgan fingerprint density at radius 1 is 1.11 bits per heavy atom. The summed E-state index contributed by atoms with van der Waals surface area (Å²) in [5.74, 6) is -5.61. The zero-order valence-electron chi connectivity index (χ0n) is 29.8. The topological polar surface area (TPSA) is 179 Å². The van der Waals surface area contributed by atoms with Crippen molar-refractivity contribution in [1.29, 1.82) is 0 Å². The molecule has 1 N–H and O–H groups in total. The van der Waals surface area contributed by atoms with Gasteiger partial charge in [0.05, 0.1) is 28.8 Å². The molecule has 13 nitrogen and oxygen atoms in total. The number of sulfonamides is 1. The van der Waals surface area contributed by atoms with Crippen LogP contribution in [0.15, 0.2) is 40.9 Å². The molecule has 18 heteroatoms. The minimum absolute atomic E-state index is 0.0113. The van der Waals surface area contributed by atoms with Gasteiger partial charge >= 0.3 is 6.18 Å². The number of ether oxygens (including phenoxy) is 1. The van der Waals surface area contributed by atoms with Crippen molar-refractivity contribution in [1.82, 2.24) is 24.7 Å². The smallest absolute Gasteiger partial charge is 0.438 e. The van der Waals surface area contributed by atoms with Crippen LogP contribution in [-0.2, 0) is 30.6 Å². The van der Waals surface area contributed by atoms with Gasteiger partial charge in [-0.05, 0) is 63.5 Å². The number of carbonyl (C=O) groups excluding carboxylic acids is 4. The van der Waals surface area contributed by atoms with Crippen LogP contribution in [0, 0.1) is 30.0 Å². The monoisotopic (exact) mass is 789 g/mol. The molecule has 0 spiro atoms. The van der Waals surface area contributed by atoms with E-state index >= 15 is 0 Å². The van der Waals surface area contributed by atoms with Crippen LogP contribution < -0.4 is 9.46 Å². The number of nitrogens with one attached hydrogen (secondary N) is 1. The molecule has 1 aromatic carbocycles. The molecule has 2 aromatic heterocycles. The predicted octanol–water partition coefficient (Wildman–Crippen LogP) is 5.42. The lowest BCUT2D eigenvalue weighted by atomic mass is 9.90. The minimum Gasteiger partial charge on any atom is -0.471 e. The molecule has 294 valence electrons. The summed E-state index contributed by atoms with van der Waals surface area (Å²) >= 11 is 0. The summed E-state index contributed by atoms with van der Waals surface area (Å²) < 4.78 is 96.1. The lowest BCUT2D eigenvalue weighted by Gasteiger charge is -2.29. The molecule has 3 fully saturated rings. The molecular weight excluding hydrogens is 750 g/mol. The van der Waals surface area contributed by atoms with E-state index in [4.69, 9.17) is 9.26 Å². The number of allylic oxidation sites excluding steroid dienone is 2. The molecule has 3 aromatic rings. The molecule has 2 saturated carbocycles. The maximum absolute atomic E-state index is 14.7. The fourth-order valence-corrected chi connectivity index (χ4v) is 8.98. The summed E-state index contributed by atoms with van der Waals surface area (Å²) in [6.07, 6.45) is 0.0201. The Hall–Kier alpha value is -4.74. The second kappa shape index (κ2) is 14.7. The molecule has 0 unspecified atom stereocenters. The number of para-hydroxylation sites is 1. The molecule has 2 aliphatic carbocycles. The maximum Gasteiger partial charge on any atom is 0.438 e. The molecule has 2 amide bonds. The fourth-order valence-electron chi connectivity index (χ4n) is 7.60. The van der Waals surface area contributed by atoms with Gasteiger partial charge in [-0.25, -0.2) is 22.8 Å². The van der Waals surface area contributed by atoms with Gasteiger partial charge in [-0.2, -0.15) is 13.2 Å². The quantitative estimate of drug-likeness (QED) is 0.175. The highest BCUT2D eigenvalue weighted by Gasteiger charge is 2.61. The average molecular weight is 790 g/mol. The minimum atomic E-state index is -5.07. The number of aryl methyl sites for hydroxylation is 1. The van der Waals surface area contributed by atoms with Gasteiger partial charge in [0.25, 0.3) is 0 Å². The highest BCUT2D eigenvalue weighted by atomic mass is 32.2. The number of alkyl halides is 3. The Morgan fingerprint density at radius 3 is 2.60 bits per heavy atom. The van der Waals surface area contributed by atoms with Gasteiger partial charge < -0.3 is 14.2 Å². The zero-order chi connectivity index (χ0) is 39.3. The van der Waals surface area contributed by atoms with Crippen LogP contribution in [0.1, 0.15) is 92.6 Å². The third kappa shape index (κ3) is 8.14. The SMILES string of the molecule is Cc1cc(C(=O)C[C@H]2CCCCC/C=C\[C@@H]3C[C@@]3(C(=O)NS(=O)(=O)C3CC3)CC(=O)[C@@H]3C[C@@H](Oc4nc5c(F)cccc5nc4C(F)(F)F)CN3C2=O)no1. The number of benzene rings is 1. The second-order valence-corrected chi connectivity index (χ2v) is 16.9. The fraction of sp³-hybridized carbons (Fsp3) is 0.541. The van der Waals surface area contributed by atoms with E-state index in [1.807, 2.05) is 6.08 Å². The molecule has 0 bridgehead atoms. The highest BCUT2D eigenvalue weighted by Crippen LogP contribution is 2.57. The number of rotatable bonds is 8. The van der Waals surface area contributed by atoms with Crippen molar-refractivity contribution < 1.29 is 54.4 Å². The summed E-state index contributed by atoms with van der Waals surface area (Å²) in [7, 11) is -3.97. The molecule has 2 aliphatic heterocycles. The van der Waals surface area contributed by atoms with Crippen molar-refractivity contribution in [3.05, 3.63) is 59.4 Å².